The lowest BCUT2D eigenvalue weighted by Crippen LogP contribution is -1.99. The number of benzene rings is 1. The molecular weight excluding hydrogens is 311 g/mol. The lowest BCUT2D eigenvalue weighted by Gasteiger charge is -2.14. The molecular formula is C23H31FO. The molecule has 1 saturated carbocycles. The molecule has 136 valence electrons. The van der Waals surface area contributed by atoms with Gasteiger partial charge in [0, 0.05) is 0 Å². The van der Waals surface area contributed by atoms with Gasteiger partial charge in [0.15, 0.2) is 0 Å². The van der Waals surface area contributed by atoms with Gasteiger partial charge in [-0.2, -0.15) is 0 Å². The highest BCUT2D eigenvalue weighted by atomic mass is 19.1. The Morgan fingerprint density at radius 2 is 2.08 bits per heavy atom. The minimum Gasteiger partial charge on any atom is -0.499 e. The fourth-order valence-corrected chi connectivity index (χ4v) is 3.72. The van der Waals surface area contributed by atoms with Crippen molar-refractivity contribution < 1.29 is 9.13 Å². The molecule has 0 N–H and O–H groups in total. The molecule has 2 atom stereocenters. The summed E-state index contributed by atoms with van der Waals surface area (Å²) in [5, 5.41) is 0. The average Bonchev–Trinajstić information content (AvgIpc) is 3.07. The van der Waals surface area contributed by atoms with E-state index in [4.69, 9.17) is 4.74 Å². The van der Waals surface area contributed by atoms with E-state index in [1.54, 1.807) is 6.07 Å². The van der Waals surface area contributed by atoms with Gasteiger partial charge >= 0.3 is 0 Å². The molecule has 1 aliphatic rings. The Hall–Kier alpha value is -1.83. The Balaban J connectivity index is 2.05. The maximum absolute atomic E-state index is 13.5. The topological polar surface area (TPSA) is 9.23 Å². The van der Waals surface area contributed by atoms with Crippen LogP contribution in [0.3, 0.4) is 0 Å². The predicted octanol–water partition coefficient (Wildman–Crippen LogP) is 6.85. The summed E-state index contributed by atoms with van der Waals surface area (Å²) in [4.78, 5) is 0. The lowest BCUT2D eigenvalue weighted by atomic mass is 9.91. The number of aryl methyl sites for hydroxylation is 1. The lowest BCUT2D eigenvalue weighted by molar-refractivity contribution is 0.230. The summed E-state index contributed by atoms with van der Waals surface area (Å²) in [5.41, 5.74) is 3.46. The van der Waals surface area contributed by atoms with E-state index in [1.165, 1.54) is 24.0 Å². The van der Waals surface area contributed by atoms with Crippen molar-refractivity contribution in [3.8, 4) is 0 Å². The van der Waals surface area contributed by atoms with Crippen LogP contribution in [0.2, 0.25) is 0 Å². The Morgan fingerprint density at radius 3 is 2.76 bits per heavy atom. The van der Waals surface area contributed by atoms with Crippen LogP contribution in [0.5, 0.6) is 0 Å². The minimum atomic E-state index is -0.107. The van der Waals surface area contributed by atoms with Crippen molar-refractivity contribution >= 4 is 0 Å². The molecule has 1 aliphatic carbocycles. The molecule has 2 rings (SSSR count). The zero-order chi connectivity index (χ0) is 18.2. The van der Waals surface area contributed by atoms with Crippen molar-refractivity contribution in [1.29, 1.82) is 0 Å². The molecule has 0 aliphatic heterocycles. The highest BCUT2D eigenvalue weighted by Crippen LogP contribution is 2.42. The second-order valence-corrected chi connectivity index (χ2v) is 6.90. The van der Waals surface area contributed by atoms with Crippen LogP contribution in [0.25, 0.3) is 0 Å². The van der Waals surface area contributed by atoms with Gasteiger partial charge in [-0.15, -0.1) is 0 Å². The first-order chi connectivity index (χ1) is 12.0. The van der Waals surface area contributed by atoms with Crippen LogP contribution in [0.1, 0.15) is 63.5 Å². The van der Waals surface area contributed by atoms with Gasteiger partial charge in [0.25, 0.3) is 0 Å². The summed E-state index contributed by atoms with van der Waals surface area (Å²) in [5.74, 6) is 2.01. The first-order valence-electron chi connectivity index (χ1n) is 9.43. The number of allylic oxidation sites excluding steroid dienone is 6. The number of ether oxygens (including phenoxy) is 1. The van der Waals surface area contributed by atoms with Crippen molar-refractivity contribution in [3.63, 3.8) is 0 Å². The highest BCUT2D eigenvalue weighted by molar-refractivity contribution is 5.30. The second kappa shape index (κ2) is 9.60. The Morgan fingerprint density at radius 1 is 1.28 bits per heavy atom. The number of hydrogen-bond acceptors (Lipinski definition) is 1. The molecule has 2 heteroatoms. The maximum atomic E-state index is 13.5. The minimum absolute atomic E-state index is 0.107. The van der Waals surface area contributed by atoms with Crippen LogP contribution in [0, 0.1) is 18.7 Å². The smallest absolute Gasteiger partial charge is 0.126 e. The van der Waals surface area contributed by atoms with E-state index >= 15 is 0 Å². The van der Waals surface area contributed by atoms with E-state index in [0.29, 0.717) is 11.8 Å². The van der Waals surface area contributed by atoms with E-state index in [-0.39, 0.29) is 5.82 Å². The van der Waals surface area contributed by atoms with Crippen LogP contribution < -0.4 is 0 Å². The summed E-state index contributed by atoms with van der Waals surface area (Å²) in [7, 11) is 0. The molecule has 0 saturated heterocycles. The van der Waals surface area contributed by atoms with Gasteiger partial charge in [0.2, 0.25) is 0 Å². The van der Waals surface area contributed by atoms with E-state index in [1.807, 2.05) is 32.9 Å². The van der Waals surface area contributed by atoms with Gasteiger partial charge in [-0.3, -0.25) is 0 Å². The van der Waals surface area contributed by atoms with Gasteiger partial charge in [0.05, 0.1) is 12.4 Å². The van der Waals surface area contributed by atoms with E-state index in [0.717, 1.165) is 30.8 Å². The van der Waals surface area contributed by atoms with Crippen LogP contribution in [-0.2, 0) is 4.74 Å². The molecule has 1 aromatic carbocycles. The van der Waals surface area contributed by atoms with Crippen molar-refractivity contribution in [1.82, 2.24) is 0 Å². The Kier molecular flexibility index (Phi) is 7.49. The third kappa shape index (κ3) is 5.59. The molecule has 2 unspecified atom stereocenters. The highest BCUT2D eigenvalue weighted by Gasteiger charge is 2.27. The van der Waals surface area contributed by atoms with Crippen LogP contribution in [-0.4, -0.2) is 6.61 Å². The molecule has 0 spiro atoms. The molecule has 1 aromatic rings. The SMILES string of the molecule is C/C=C\C(=C/C/C=C(\C)OCC)C1CCC(c2ccc(F)c(C)c2)C1. The molecule has 0 amide bonds. The quantitative estimate of drug-likeness (QED) is 0.389. The monoisotopic (exact) mass is 342 g/mol. The first kappa shape index (κ1) is 19.5. The van der Waals surface area contributed by atoms with Gasteiger partial charge in [-0.05, 0) is 94.1 Å². The molecule has 0 bridgehead atoms. The molecule has 0 aromatic heterocycles. The molecule has 25 heavy (non-hydrogen) atoms. The molecule has 1 nitrogen and oxygen atoms in total. The zero-order valence-corrected chi connectivity index (χ0v) is 16.0. The van der Waals surface area contributed by atoms with Gasteiger partial charge < -0.3 is 4.74 Å². The summed E-state index contributed by atoms with van der Waals surface area (Å²) in [6, 6.07) is 5.60. The molecule has 1 fully saturated rings. The summed E-state index contributed by atoms with van der Waals surface area (Å²) >= 11 is 0. The van der Waals surface area contributed by atoms with E-state index in [2.05, 4.69) is 31.2 Å². The largest absolute Gasteiger partial charge is 0.499 e. The Bertz CT molecular complexity index is 654. The fraction of sp³-hybridized carbons (Fsp3) is 0.478. The average molecular weight is 342 g/mol. The predicted molar refractivity (Wildman–Crippen MR) is 104 cm³/mol. The number of rotatable bonds is 7. The summed E-state index contributed by atoms with van der Waals surface area (Å²) in [6.45, 7) is 8.66. The summed E-state index contributed by atoms with van der Waals surface area (Å²) in [6.07, 6.45) is 13.3. The van der Waals surface area contributed by atoms with Gasteiger partial charge in [0.1, 0.15) is 5.82 Å². The molecule has 0 radical (unpaired) electrons. The normalized spacial score (nSPS) is 22.0. The third-order valence-electron chi connectivity index (χ3n) is 5.05. The van der Waals surface area contributed by atoms with E-state index in [9.17, 15) is 4.39 Å². The van der Waals surface area contributed by atoms with Crippen molar-refractivity contribution in [2.45, 2.75) is 59.3 Å². The second-order valence-electron chi connectivity index (χ2n) is 6.90. The maximum Gasteiger partial charge on any atom is 0.126 e. The van der Waals surface area contributed by atoms with Gasteiger partial charge in [-0.25, -0.2) is 4.39 Å². The number of halogens is 1. The fourth-order valence-electron chi connectivity index (χ4n) is 3.72. The van der Waals surface area contributed by atoms with Crippen LogP contribution >= 0.6 is 0 Å². The van der Waals surface area contributed by atoms with Crippen molar-refractivity contribution in [2.75, 3.05) is 6.61 Å². The van der Waals surface area contributed by atoms with E-state index < -0.39 is 0 Å². The first-order valence-corrected chi connectivity index (χ1v) is 9.43. The standard InChI is InChI=1S/C23H31FO/c1-5-8-19(10-7-9-18(4)25-6-2)21-11-12-22(16-21)20-13-14-23(24)17(3)15-20/h5,8-10,13-15,21-22H,6-7,11-12,16H2,1-4H3/b8-5-,18-9+,19-10+. The molecule has 0 heterocycles. The van der Waals surface area contributed by atoms with Crippen LogP contribution in [0.15, 0.2) is 53.8 Å². The zero-order valence-electron chi connectivity index (χ0n) is 16.0. The Labute approximate surface area is 152 Å². The number of hydrogen-bond donors (Lipinski definition) is 0. The van der Waals surface area contributed by atoms with Crippen molar-refractivity contribution in [3.05, 3.63) is 70.8 Å². The summed E-state index contributed by atoms with van der Waals surface area (Å²) < 4.78 is 19.0. The van der Waals surface area contributed by atoms with Gasteiger partial charge in [-0.1, -0.05) is 30.4 Å². The van der Waals surface area contributed by atoms with Crippen LogP contribution in [0.4, 0.5) is 4.39 Å². The third-order valence-corrected chi connectivity index (χ3v) is 5.05. The van der Waals surface area contributed by atoms with Crippen molar-refractivity contribution in [2.24, 2.45) is 5.92 Å².